The number of nitrogens with two attached hydrogens (primary N) is 1. The molecule has 7 heteroatoms. The Morgan fingerprint density at radius 3 is 2.52 bits per heavy atom. The summed E-state index contributed by atoms with van der Waals surface area (Å²) in [7, 11) is 0. The average molecular weight is 375 g/mol. The van der Waals surface area contributed by atoms with Crippen molar-refractivity contribution in [3.05, 3.63) is 76.8 Å². The lowest BCUT2D eigenvalue weighted by atomic mass is 9.95. The summed E-state index contributed by atoms with van der Waals surface area (Å²) in [6.07, 6.45) is -3.23. The van der Waals surface area contributed by atoms with E-state index in [0.29, 0.717) is 11.1 Å². The zero-order chi connectivity index (χ0) is 19.3. The third-order valence-corrected chi connectivity index (χ3v) is 4.55. The lowest BCUT2D eigenvalue weighted by Crippen LogP contribution is -2.04. The molecule has 1 unspecified atom stereocenters. The number of aromatic hydroxyl groups is 1. The normalized spacial score (nSPS) is 16.3. The van der Waals surface area contributed by atoms with Crippen LogP contribution >= 0.6 is 0 Å². The molecule has 1 atom stereocenters. The first-order chi connectivity index (χ1) is 12.8. The van der Waals surface area contributed by atoms with Gasteiger partial charge in [-0.1, -0.05) is 36.4 Å². The molecular weight excluding hydrogens is 362 g/mol. The second-order valence-corrected chi connectivity index (χ2v) is 6.22. The third kappa shape index (κ3) is 2.75. The number of furan rings is 1. The molecule has 0 bridgehead atoms. The Morgan fingerprint density at radius 1 is 1.04 bits per heavy atom. The van der Waals surface area contributed by atoms with Crippen molar-refractivity contribution in [1.29, 1.82) is 0 Å². The van der Waals surface area contributed by atoms with Gasteiger partial charge in [0.1, 0.15) is 5.83 Å². The van der Waals surface area contributed by atoms with Crippen LogP contribution in [0.1, 0.15) is 28.4 Å². The van der Waals surface area contributed by atoms with Crippen molar-refractivity contribution in [3.8, 4) is 16.9 Å². The van der Waals surface area contributed by atoms with E-state index in [1.54, 1.807) is 24.3 Å². The summed E-state index contributed by atoms with van der Waals surface area (Å²) >= 11 is 0. The molecule has 1 aromatic heterocycles. The summed E-state index contributed by atoms with van der Waals surface area (Å²) in [5.41, 5.74) is 6.08. The van der Waals surface area contributed by atoms with Crippen molar-refractivity contribution in [1.82, 2.24) is 0 Å². The fourth-order valence-corrected chi connectivity index (χ4v) is 3.34. The Balaban J connectivity index is 1.84. The van der Waals surface area contributed by atoms with Gasteiger partial charge >= 0.3 is 6.18 Å². The van der Waals surface area contributed by atoms with E-state index in [2.05, 4.69) is 0 Å². The molecular formula is C20H13F4NO2. The smallest absolute Gasteiger partial charge is 0.416 e. The molecule has 0 saturated heterocycles. The van der Waals surface area contributed by atoms with Crippen molar-refractivity contribution in [3.63, 3.8) is 0 Å². The number of hydrogen-bond acceptors (Lipinski definition) is 3. The lowest BCUT2D eigenvalue weighted by Gasteiger charge is -2.10. The predicted octanol–water partition coefficient (Wildman–Crippen LogP) is 5.71. The third-order valence-electron chi connectivity index (χ3n) is 4.55. The van der Waals surface area contributed by atoms with Crippen LogP contribution in [0.5, 0.6) is 5.75 Å². The highest BCUT2D eigenvalue weighted by Gasteiger charge is 2.35. The van der Waals surface area contributed by atoms with Gasteiger partial charge in [0, 0.05) is 0 Å². The number of allylic oxidation sites excluding steroid dienone is 1. The van der Waals surface area contributed by atoms with Crippen LogP contribution in [0.25, 0.3) is 17.2 Å². The molecule has 1 aliphatic carbocycles. The number of hydrogen-bond donors (Lipinski definition) is 2. The van der Waals surface area contributed by atoms with E-state index in [4.69, 9.17) is 10.2 Å². The van der Waals surface area contributed by atoms with Crippen molar-refractivity contribution in [2.45, 2.75) is 12.1 Å². The first kappa shape index (κ1) is 17.2. The zero-order valence-corrected chi connectivity index (χ0v) is 13.7. The van der Waals surface area contributed by atoms with Gasteiger partial charge < -0.3 is 15.3 Å². The van der Waals surface area contributed by atoms with Gasteiger partial charge in [0.05, 0.1) is 17.0 Å². The summed E-state index contributed by atoms with van der Waals surface area (Å²) in [5, 5.41) is 10.6. The van der Waals surface area contributed by atoms with Gasteiger partial charge in [0.15, 0.2) is 11.5 Å². The van der Waals surface area contributed by atoms with Gasteiger partial charge in [0.25, 0.3) is 0 Å². The van der Waals surface area contributed by atoms with Crippen LogP contribution in [0.3, 0.4) is 0 Å². The monoisotopic (exact) mass is 375 g/mol. The summed E-state index contributed by atoms with van der Waals surface area (Å²) in [5.74, 6) is -2.44. The van der Waals surface area contributed by atoms with Gasteiger partial charge in [0.2, 0.25) is 5.88 Å². The SMILES string of the molecule is Nc1oc(C2C(F)=Cc3ccccc32)c(O)c1-c1cccc(C(F)(F)F)c1. The first-order valence-electron chi connectivity index (χ1n) is 8.02. The van der Waals surface area contributed by atoms with Gasteiger partial charge in [-0.05, 0) is 34.9 Å². The van der Waals surface area contributed by atoms with E-state index in [1.165, 1.54) is 18.2 Å². The Morgan fingerprint density at radius 2 is 1.78 bits per heavy atom. The van der Waals surface area contributed by atoms with Crippen LogP contribution in [-0.4, -0.2) is 5.11 Å². The number of anilines is 1. The molecule has 1 heterocycles. The predicted molar refractivity (Wildman–Crippen MR) is 92.6 cm³/mol. The highest BCUT2D eigenvalue weighted by Crippen LogP contribution is 2.50. The number of fused-ring (bicyclic) bond motifs is 1. The number of halogens is 4. The van der Waals surface area contributed by atoms with E-state index in [9.17, 15) is 22.7 Å². The maximum atomic E-state index is 14.5. The number of alkyl halides is 3. The Labute approximate surface area is 151 Å². The molecule has 3 N–H and O–H groups in total. The largest absolute Gasteiger partial charge is 0.504 e. The highest BCUT2D eigenvalue weighted by atomic mass is 19.4. The van der Waals surface area contributed by atoms with Gasteiger partial charge in [-0.25, -0.2) is 4.39 Å². The number of nitrogen functional groups attached to an aromatic ring is 1. The Kier molecular flexibility index (Phi) is 3.76. The molecule has 0 amide bonds. The quantitative estimate of drug-likeness (QED) is 0.564. The maximum Gasteiger partial charge on any atom is 0.416 e. The summed E-state index contributed by atoms with van der Waals surface area (Å²) < 4.78 is 58.8. The maximum absolute atomic E-state index is 14.5. The van der Waals surface area contributed by atoms with Crippen LogP contribution in [0.4, 0.5) is 23.4 Å². The van der Waals surface area contributed by atoms with E-state index in [0.717, 1.165) is 12.1 Å². The van der Waals surface area contributed by atoms with Crippen LogP contribution in [0.2, 0.25) is 0 Å². The van der Waals surface area contributed by atoms with Crippen molar-refractivity contribution < 1.29 is 27.1 Å². The second kappa shape index (κ2) is 5.90. The molecule has 1 aliphatic rings. The minimum atomic E-state index is -4.55. The molecule has 138 valence electrons. The summed E-state index contributed by atoms with van der Waals surface area (Å²) in [4.78, 5) is 0. The fraction of sp³-hybridized carbons (Fsp3) is 0.100. The Bertz CT molecular complexity index is 1070. The number of rotatable bonds is 2. The molecule has 0 aliphatic heterocycles. The Hall–Kier alpha value is -3.22. The zero-order valence-electron chi connectivity index (χ0n) is 13.7. The molecule has 27 heavy (non-hydrogen) atoms. The summed E-state index contributed by atoms with van der Waals surface area (Å²) in [6.45, 7) is 0. The van der Waals surface area contributed by atoms with E-state index < -0.39 is 29.2 Å². The molecule has 0 spiro atoms. The van der Waals surface area contributed by atoms with Crippen LogP contribution in [-0.2, 0) is 6.18 Å². The van der Waals surface area contributed by atoms with Crippen LogP contribution in [0.15, 0.2) is 58.8 Å². The van der Waals surface area contributed by atoms with Crippen LogP contribution in [0, 0.1) is 0 Å². The summed E-state index contributed by atoms with van der Waals surface area (Å²) in [6, 6.07) is 11.2. The lowest BCUT2D eigenvalue weighted by molar-refractivity contribution is -0.137. The topological polar surface area (TPSA) is 59.4 Å². The number of benzene rings is 2. The van der Waals surface area contributed by atoms with Crippen molar-refractivity contribution >= 4 is 12.0 Å². The highest BCUT2D eigenvalue weighted by molar-refractivity contribution is 5.82. The standard InChI is InChI=1S/C20H13F4NO2/c21-14-9-10-4-1-2-7-13(10)16(14)18-17(26)15(19(25)27-18)11-5-3-6-12(8-11)20(22,23)24/h1-9,16,26H,25H2. The fourth-order valence-electron chi connectivity index (χ4n) is 3.34. The van der Waals surface area contributed by atoms with Crippen molar-refractivity contribution in [2.24, 2.45) is 0 Å². The molecule has 0 saturated carbocycles. The minimum Gasteiger partial charge on any atom is -0.504 e. The van der Waals surface area contributed by atoms with E-state index in [1.807, 2.05) is 0 Å². The molecule has 4 rings (SSSR count). The minimum absolute atomic E-state index is 0.0329. The van der Waals surface area contributed by atoms with Gasteiger partial charge in [-0.15, -0.1) is 0 Å². The van der Waals surface area contributed by atoms with E-state index >= 15 is 0 Å². The van der Waals surface area contributed by atoms with Gasteiger partial charge in [-0.3, -0.25) is 0 Å². The molecule has 0 fully saturated rings. The van der Waals surface area contributed by atoms with Crippen LogP contribution < -0.4 is 5.73 Å². The average Bonchev–Trinajstić information content (AvgIpc) is 3.09. The molecule has 2 aromatic carbocycles. The van der Waals surface area contributed by atoms with Gasteiger partial charge in [-0.2, -0.15) is 13.2 Å². The first-order valence-corrected chi connectivity index (χ1v) is 8.02. The molecule has 0 radical (unpaired) electrons. The second-order valence-electron chi connectivity index (χ2n) is 6.22. The molecule has 3 aromatic rings. The van der Waals surface area contributed by atoms with E-state index in [-0.39, 0.29) is 22.8 Å². The van der Waals surface area contributed by atoms with Crippen molar-refractivity contribution in [2.75, 3.05) is 5.73 Å². The molecule has 3 nitrogen and oxygen atoms in total.